The minimum atomic E-state index is 0. The van der Waals surface area contributed by atoms with Crippen molar-refractivity contribution in [3.63, 3.8) is 0 Å². The summed E-state index contributed by atoms with van der Waals surface area (Å²) in [5.74, 6) is 0. The van der Waals surface area contributed by atoms with Gasteiger partial charge in [-0.1, -0.05) is 18.2 Å². The fraction of sp³-hybridized carbons (Fsp3) is 0.333. The third kappa shape index (κ3) is 4.21. The van der Waals surface area contributed by atoms with Gasteiger partial charge in [-0.3, -0.25) is 0 Å². The van der Waals surface area contributed by atoms with Gasteiger partial charge in [-0.05, 0) is 18.6 Å². The van der Waals surface area contributed by atoms with Crippen molar-refractivity contribution >= 4 is 18.1 Å². The summed E-state index contributed by atoms with van der Waals surface area (Å²) < 4.78 is 0. The van der Waals surface area contributed by atoms with Crippen LogP contribution in [0.4, 0.5) is 5.69 Å². The monoisotopic (exact) mass is 187 g/mol. The predicted molar refractivity (Wildman–Crippen MR) is 53.9 cm³/mol. The number of anilines is 1. The Kier molecular flexibility index (Phi) is 6.53. The van der Waals surface area contributed by atoms with Crippen LogP contribution in [0.5, 0.6) is 0 Å². The Hall–Kier alpha value is -0.730. The molecule has 0 saturated carbocycles. The molecule has 0 fully saturated rings. The van der Waals surface area contributed by atoms with E-state index in [4.69, 9.17) is 5.11 Å². The fourth-order valence-corrected chi connectivity index (χ4v) is 0.868. The van der Waals surface area contributed by atoms with Gasteiger partial charge < -0.3 is 10.4 Å². The molecular weight excluding hydrogens is 174 g/mol. The first-order chi connectivity index (χ1) is 5.43. The zero-order chi connectivity index (χ0) is 7.94. The van der Waals surface area contributed by atoms with Crippen LogP contribution in [0, 0.1) is 0 Å². The molecule has 0 saturated heterocycles. The van der Waals surface area contributed by atoms with Crippen molar-refractivity contribution in [2.24, 2.45) is 0 Å². The second-order valence-electron chi connectivity index (χ2n) is 2.37. The number of benzene rings is 1. The minimum Gasteiger partial charge on any atom is -0.396 e. The summed E-state index contributed by atoms with van der Waals surface area (Å²) in [4.78, 5) is 0. The highest BCUT2D eigenvalue weighted by molar-refractivity contribution is 5.85. The highest BCUT2D eigenvalue weighted by atomic mass is 35.5. The molecule has 2 nitrogen and oxygen atoms in total. The maximum absolute atomic E-state index is 8.50. The Morgan fingerprint density at radius 3 is 2.42 bits per heavy atom. The van der Waals surface area contributed by atoms with Gasteiger partial charge in [-0.15, -0.1) is 12.4 Å². The van der Waals surface area contributed by atoms with Crippen LogP contribution in [-0.2, 0) is 0 Å². The molecule has 0 spiro atoms. The molecule has 0 atom stereocenters. The Morgan fingerprint density at radius 1 is 1.17 bits per heavy atom. The van der Waals surface area contributed by atoms with Gasteiger partial charge in [0.15, 0.2) is 0 Å². The summed E-state index contributed by atoms with van der Waals surface area (Å²) >= 11 is 0. The molecule has 0 heterocycles. The van der Waals surface area contributed by atoms with Crippen molar-refractivity contribution in [1.29, 1.82) is 0 Å². The van der Waals surface area contributed by atoms with Gasteiger partial charge in [0.25, 0.3) is 0 Å². The summed E-state index contributed by atoms with van der Waals surface area (Å²) in [6.45, 7) is 1.08. The summed E-state index contributed by atoms with van der Waals surface area (Å²) in [6, 6.07) is 9.98. The molecule has 1 rings (SSSR count). The highest BCUT2D eigenvalue weighted by Crippen LogP contribution is 2.03. The van der Waals surface area contributed by atoms with Crippen LogP contribution in [0.15, 0.2) is 30.3 Å². The number of hydrogen-bond acceptors (Lipinski definition) is 2. The Bertz CT molecular complexity index is 191. The number of aliphatic hydroxyl groups excluding tert-OH is 1. The summed E-state index contributed by atoms with van der Waals surface area (Å²) in [7, 11) is 0. The van der Waals surface area contributed by atoms with Crippen molar-refractivity contribution in [3.8, 4) is 0 Å². The third-order valence-corrected chi connectivity index (χ3v) is 1.44. The zero-order valence-electron chi connectivity index (χ0n) is 6.86. The largest absolute Gasteiger partial charge is 0.396 e. The van der Waals surface area contributed by atoms with Gasteiger partial charge in [0, 0.05) is 18.8 Å². The van der Waals surface area contributed by atoms with E-state index < -0.39 is 0 Å². The number of hydrogen-bond donors (Lipinski definition) is 2. The van der Waals surface area contributed by atoms with Crippen LogP contribution in [-0.4, -0.2) is 18.3 Å². The second-order valence-corrected chi connectivity index (χ2v) is 2.37. The van der Waals surface area contributed by atoms with Crippen LogP contribution < -0.4 is 5.32 Å². The lowest BCUT2D eigenvalue weighted by Gasteiger charge is -2.03. The van der Waals surface area contributed by atoms with Gasteiger partial charge >= 0.3 is 0 Å². The molecule has 0 aliphatic heterocycles. The molecule has 0 aliphatic carbocycles. The quantitative estimate of drug-likeness (QED) is 0.706. The lowest BCUT2D eigenvalue weighted by molar-refractivity contribution is 0.292. The molecule has 1 aromatic carbocycles. The maximum atomic E-state index is 8.50. The number of halogens is 1. The number of aliphatic hydroxyl groups is 1. The highest BCUT2D eigenvalue weighted by Gasteiger charge is 1.86. The normalized spacial score (nSPS) is 8.75. The smallest absolute Gasteiger partial charge is 0.0447 e. The van der Waals surface area contributed by atoms with Crippen LogP contribution in [0.2, 0.25) is 0 Å². The van der Waals surface area contributed by atoms with E-state index in [9.17, 15) is 0 Å². The second kappa shape index (κ2) is 6.95. The van der Waals surface area contributed by atoms with E-state index in [1.807, 2.05) is 30.3 Å². The molecule has 68 valence electrons. The van der Waals surface area contributed by atoms with Gasteiger partial charge in [-0.2, -0.15) is 0 Å². The van der Waals surface area contributed by atoms with Crippen LogP contribution >= 0.6 is 12.4 Å². The van der Waals surface area contributed by atoms with Gasteiger partial charge in [0.1, 0.15) is 0 Å². The Balaban J connectivity index is 0.00000121. The van der Waals surface area contributed by atoms with E-state index in [1.165, 1.54) is 0 Å². The first-order valence-corrected chi connectivity index (χ1v) is 3.83. The van der Waals surface area contributed by atoms with Crippen molar-refractivity contribution in [3.05, 3.63) is 30.3 Å². The van der Waals surface area contributed by atoms with E-state index in [2.05, 4.69) is 5.32 Å². The molecule has 0 unspecified atom stereocenters. The molecule has 0 bridgehead atoms. The van der Waals surface area contributed by atoms with Crippen molar-refractivity contribution in [1.82, 2.24) is 0 Å². The maximum Gasteiger partial charge on any atom is 0.0447 e. The molecule has 2 N–H and O–H groups in total. The fourth-order valence-electron chi connectivity index (χ4n) is 0.868. The summed E-state index contributed by atoms with van der Waals surface area (Å²) in [5.41, 5.74) is 1.11. The number of para-hydroxylation sites is 1. The third-order valence-electron chi connectivity index (χ3n) is 1.44. The van der Waals surface area contributed by atoms with Crippen LogP contribution in [0.25, 0.3) is 0 Å². The lowest BCUT2D eigenvalue weighted by atomic mass is 10.3. The first kappa shape index (κ1) is 11.3. The minimum absolute atomic E-state index is 0. The summed E-state index contributed by atoms with van der Waals surface area (Å²) in [5, 5.41) is 11.7. The summed E-state index contributed by atoms with van der Waals surface area (Å²) in [6.07, 6.45) is 0.800. The molecule has 0 radical (unpaired) electrons. The molecule has 12 heavy (non-hydrogen) atoms. The zero-order valence-corrected chi connectivity index (χ0v) is 7.68. The first-order valence-electron chi connectivity index (χ1n) is 3.83. The number of nitrogens with one attached hydrogen (secondary N) is 1. The van der Waals surface area contributed by atoms with E-state index >= 15 is 0 Å². The van der Waals surface area contributed by atoms with E-state index in [-0.39, 0.29) is 19.0 Å². The molecule has 0 amide bonds. The Labute approximate surface area is 79.0 Å². The molecule has 0 aliphatic rings. The van der Waals surface area contributed by atoms with Crippen molar-refractivity contribution in [2.75, 3.05) is 18.5 Å². The Morgan fingerprint density at radius 2 is 1.83 bits per heavy atom. The van der Waals surface area contributed by atoms with Crippen LogP contribution in [0.1, 0.15) is 6.42 Å². The van der Waals surface area contributed by atoms with Crippen molar-refractivity contribution < 1.29 is 5.11 Å². The standard InChI is InChI=1S/C9H13NO.ClH/c11-8-4-7-10-9-5-2-1-3-6-9;/h1-3,5-6,10-11H,4,7-8H2;1H. The van der Waals surface area contributed by atoms with Crippen molar-refractivity contribution in [2.45, 2.75) is 6.42 Å². The van der Waals surface area contributed by atoms with E-state index in [1.54, 1.807) is 0 Å². The van der Waals surface area contributed by atoms with Crippen LogP contribution in [0.3, 0.4) is 0 Å². The van der Waals surface area contributed by atoms with Gasteiger partial charge in [0.2, 0.25) is 0 Å². The SMILES string of the molecule is Cl.OCCCNc1ccccc1. The molecule has 0 aromatic heterocycles. The van der Waals surface area contributed by atoms with E-state index in [0.29, 0.717) is 0 Å². The molecule has 3 heteroatoms. The average molecular weight is 188 g/mol. The molecule has 1 aromatic rings. The predicted octanol–water partition coefficient (Wildman–Crippen LogP) is 1.90. The average Bonchev–Trinajstić information content (AvgIpc) is 2.07. The number of rotatable bonds is 4. The van der Waals surface area contributed by atoms with Gasteiger partial charge in [-0.25, -0.2) is 0 Å². The lowest BCUT2D eigenvalue weighted by Crippen LogP contribution is -2.02. The van der Waals surface area contributed by atoms with Gasteiger partial charge in [0.05, 0.1) is 0 Å². The molecular formula is C9H14ClNO. The van der Waals surface area contributed by atoms with E-state index in [0.717, 1.165) is 18.7 Å². The topological polar surface area (TPSA) is 32.3 Å².